The van der Waals surface area contributed by atoms with Gasteiger partial charge in [-0.05, 0) is 30.2 Å². The molecule has 0 spiro atoms. The third-order valence-corrected chi connectivity index (χ3v) is 5.63. The number of hydrogen-bond donors (Lipinski definition) is 0. The van der Waals surface area contributed by atoms with Gasteiger partial charge in [0.1, 0.15) is 5.82 Å². The first-order chi connectivity index (χ1) is 15.1. The van der Waals surface area contributed by atoms with Crippen molar-refractivity contribution in [2.75, 3.05) is 26.2 Å². The van der Waals surface area contributed by atoms with E-state index in [2.05, 4.69) is 4.90 Å². The third-order valence-electron chi connectivity index (χ3n) is 5.63. The monoisotopic (exact) mass is 416 g/mol. The predicted octanol–water partition coefficient (Wildman–Crippen LogP) is 4.40. The van der Waals surface area contributed by atoms with E-state index in [1.54, 1.807) is 48.5 Å². The molecule has 1 aliphatic heterocycles. The normalized spacial score (nSPS) is 14.8. The summed E-state index contributed by atoms with van der Waals surface area (Å²) in [5.41, 5.74) is 2.51. The van der Waals surface area contributed by atoms with Gasteiger partial charge in [0.15, 0.2) is 5.78 Å². The first-order valence-electron chi connectivity index (χ1n) is 10.6. The van der Waals surface area contributed by atoms with Crippen molar-refractivity contribution in [3.8, 4) is 0 Å². The SMILES string of the molecule is O=C(c1ccccc1)c1ccccc1C(=O)N1CCCN(Cc2ccc(F)cc2)CC1. The van der Waals surface area contributed by atoms with Crippen molar-refractivity contribution in [2.24, 2.45) is 0 Å². The van der Waals surface area contributed by atoms with Gasteiger partial charge in [-0.25, -0.2) is 4.39 Å². The number of carbonyl (C=O) groups is 2. The van der Waals surface area contributed by atoms with E-state index in [1.165, 1.54) is 12.1 Å². The molecule has 3 aromatic rings. The molecule has 158 valence electrons. The standard InChI is InChI=1S/C26H25FN2O2/c27-22-13-11-20(12-14-22)19-28-15-6-16-29(18-17-28)26(31)24-10-5-4-9-23(24)25(30)21-7-2-1-3-8-21/h1-5,7-14H,6,15-19H2. The molecular formula is C26H25FN2O2. The highest BCUT2D eigenvalue weighted by atomic mass is 19.1. The molecule has 0 N–H and O–H groups in total. The molecule has 3 aromatic carbocycles. The summed E-state index contributed by atoms with van der Waals surface area (Å²) < 4.78 is 13.1. The van der Waals surface area contributed by atoms with Crippen LogP contribution in [0.2, 0.25) is 0 Å². The molecule has 1 amide bonds. The Morgan fingerprint density at radius 1 is 0.742 bits per heavy atom. The second-order valence-corrected chi connectivity index (χ2v) is 7.79. The lowest BCUT2D eigenvalue weighted by Crippen LogP contribution is -2.35. The average molecular weight is 416 g/mol. The molecular weight excluding hydrogens is 391 g/mol. The van der Waals surface area contributed by atoms with E-state index in [1.807, 2.05) is 23.1 Å². The molecule has 1 saturated heterocycles. The highest BCUT2D eigenvalue weighted by Crippen LogP contribution is 2.18. The fourth-order valence-electron chi connectivity index (χ4n) is 3.96. The molecule has 4 rings (SSSR count). The van der Waals surface area contributed by atoms with Crippen LogP contribution >= 0.6 is 0 Å². The molecule has 0 atom stereocenters. The van der Waals surface area contributed by atoms with Crippen LogP contribution in [0.1, 0.15) is 38.3 Å². The van der Waals surface area contributed by atoms with Gasteiger partial charge in [-0.15, -0.1) is 0 Å². The van der Waals surface area contributed by atoms with Crippen LogP contribution in [-0.4, -0.2) is 47.7 Å². The Balaban J connectivity index is 1.46. The zero-order chi connectivity index (χ0) is 21.6. The lowest BCUT2D eigenvalue weighted by molar-refractivity contribution is 0.0756. The first kappa shape index (κ1) is 20.9. The zero-order valence-corrected chi connectivity index (χ0v) is 17.3. The molecule has 0 aliphatic carbocycles. The minimum Gasteiger partial charge on any atom is -0.337 e. The average Bonchev–Trinajstić information content (AvgIpc) is 3.06. The minimum absolute atomic E-state index is 0.108. The minimum atomic E-state index is -0.236. The van der Waals surface area contributed by atoms with Gasteiger partial charge in [-0.1, -0.05) is 60.7 Å². The van der Waals surface area contributed by atoms with E-state index in [0.717, 1.165) is 31.6 Å². The van der Waals surface area contributed by atoms with Crippen LogP contribution in [0.15, 0.2) is 78.9 Å². The smallest absolute Gasteiger partial charge is 0.254 e. The van der Waals surface area contributed by atoms with Gasteiger partial charge in [0.2, 0.25) is 0 Å². The van der Waals surface area contributed by atoms with E-state index >= 15 is 0 Å². The fraction of sp³-hybridized carbons (Fsp3) is 0.231. The molecule has 5 heteroatoms. The lowest BCUT2D eigenvalue weighted by Gasteiger charge is -2.23. The summed E-state index contributed by atoms with van der Waals surface area (Å²) in [6.07, 6.45) is 0.849. The van der Waals surface area contributed by atoms with Crippen molar-refractivity contribution < 1.29 is 14.0 Å². The lowest BCUT2D eigenvalue weighted by atomic mass is 9.97. The summed E-state index contributed by atoms with van der Waals surface area (Å²) in [4.78, 5) is 30.4. The molecule has 1 aliphatic rings. The third kappa shape index (κ3) is 5.06. The number of rotatable bonds is 5. The summed E-state index contributed by atoms with van der Waals surface area (Å²) in [6.45, 7) is 3.57. The number of carbonyl (C=O) groups excluding carboxylic acids is 2. The molecule has 4 nitrogen and oxygen atoms in total. The van der Waals surface area contributed by atoms with Gasteiger partial charge in [0.25, 0.3) is 5.91 Å². The summed E-state index contributed by atoms with van der Waals surface area (Å²) in [7, 11) is 0. The molecule has 0 radical (unpaired) electrons. The molecule has 1 heterocycles. The molecule has 0 bridgehead atoms. The van der Waals surface area contributed by atoms with Crippen LogP contribution in [0.25, 0.3) is 0 Å². The maximum Gasteiger partial charge on any atom is 0.254 e. The van der Waals surface area contributed by atoms with Crippen LogP contribution in [0.5, 0.6) is 0 Å². The Morgan fingerprint density at radius 3 is 2.16 bits per heavy atom. The maximum absolute atomic E-state index is 13.3. The van der Waals surface area contributed by atoms with Crippen LogP contribution in [0.4, 0.5) is 4.39 Å². The molecule has 0 saturated carbocycles. The zero-order valence-electron chi connectivity index (χ0n) is 17.3. The van der Waals surface area contributed by atoms with Crippen LogP contribution in [0, 0.1) is 5.82 Å². The Bertz CT molecular complexity index is 1050. The maximum atomic E-state index is 13.3. The highest BCUT2D eigenvalue weighted by Gasteiger charge is 2.24. The summed E-state index contributed by atoms with van der Waals surface area (Å²) in [6, 6.07) is 22.6. The largest absolute Gasteiger partial charge is 0.337 e. The van der Waals surface area contributed by atoms with E-state index in [0.29, 0.717) is 29.8 Å². The van der Waals surface area contributed by atoms with Crippen molar-refractivity contribution in [1.82, 2.24) is 9.80 Å². The van der Waals surface area contributed by atoms with Crippen molar-refractivity contribution in [3.63, 3.8) is 0 Å². The molecule has 0 aromatic heterocycles. The van der Waals surface area contributed by atoms with Crippen molar-refractivity contribution in [1.29, 1.82) is 0 Å². The summed E-state index contributed by atoms with van der Waals surface area (Å²) in [5.74, 6) is -0.485. The van der Waals surface area contributed by atoms with Gasteiger partial charge >= 0.3 is 0 Å². The van der Waals surface area contributed by atoms with Crippen LogP contribution in [0.3, 0.4) is 0 Å². The Morgan fingerprint density at radius 2 is 1.42 bits per heavy atom. The number of nitrogens with zero attached hydrogens (tertiary/aromatic N) is 2. The Labute approximate surface area is 181 Å². The number of ketones is 1. The Kier molecular flexibility index (Phi) is 6.53. The van der Waals surface area contributed by atoms with Crippen molar-refractivity contribution in [3.05, 3.63) is 107 Å². The number of amides is 1. The van der Waals surface area contributed by atoms with E-state index in [-0.39, 0.29) is 17.5 Å². The van der Waals surface area contributed by atoms with Gasteiger partial charge in [0.05, 0.1) is 5.56 Å². The molecule has 0 unspecified atom stereocenters. The molecule has 31 heavy (non-hydrogen) atoms. The fourth-order valence-corrected chi connectivity index (χ4v) is 3.96. The van der Waals surface area contributed by atoms with Gasteiger partial charge in [0, 0.05) is 43.9 Å². The summed E-state index contributed by atoms with van der Waals surface area (Å²) >= 11 is 0. The van der Waals surface area contributed by atoms with Gasteiger partial charge < -0.3 is 4.90 Å². The number of benzene rings is 3. The van der Waals surface area contributed by atoms with Crippen molar-refractivity contribution in [2.45, 2.75) is 13.0 Å². The van der Waals surface area contributed by atoms with Gasteiger partial charge in [-0.2, -0.15) is 0 Å². The van der Waals surface area contributed by atoms with E-state index in [4.69, 9.17) is 0 Å². The number of halogens is 1. The van der Waals surface area contributed by atoms with E-state index < -0.39 is 0 Å². The molecule has 1 fully saturated rings. The van der Waals surface area contributed by atoms with E-state index in [9.17, 15) is 14.0 Å². The second kappa shape index (κ2) is 9.67. The van der Waals surface area contributed by atoms with Crippen molar-refractivity contribution >= 4 is 11.7 Å². The van der Waals surface area contributed by atoms with Crippen LogP contribution < -0.4 is 0 Å². The Hall–Kier alpha value is -3.31. The quantitative estimate of drug-likeness (QED) is 0.579. The topological polar surface area (TPSA) is 40.6 Å². The number of hydrogen-bond acceptors (Lipinski definition) is 3. The highest BCUT2D eigenvalue weighted by molar-refractivity contribution is 6.15. The van der Waals surface area contributed by atoms with Gasteiger partial charge in [-0.3, -0.25) is 14.5 Å². The predicted molar refractivity (Wildman–Crippen MR) is 119 cm³/mol. The summed E-state index contributed by atoms with van der Waals surface area (Å²) in [5, 5.41) is 0. The first-order valence-corrected chi connectivity index (χ1v) is 10.6. The second-order valence-electron chi connectivity index (χ2n) is 7.79. The van der Waals surface area contributed by atoms with Crippen LogP contribution in [-0.2, 0) is 6.54 Å².